The van der Waals surface area contributed by atoms with E-state index in [4.69, 9.17) is 37.0 Å². The second-order valence-corrected chi connectivity index (χ2v) is 33.6. The second-order valence-electron chi connectivity index (χ2n) is 30.7. The molecule has 2 unspecified atom stereocenters. The van der Waals surface area contributed by atoms with Crippen LogP contribution in [0.5, 0.6) is 0 Å². The number of phosphoric acid groups is 2. The van der Waals surface area contributed by atoms with Crippen LogP contribution in [0.3, 0.4) is 0 Å². The van der Waals surface area contributed by atoms with Gasteiger partial charge in [0.2, 0.25) is 0 Å². The first kappa shape index (κ1) is 101. The van der Waals surface area contributed by atoms with Crippen LogP contribution in [0, 0.1) is 5.92 Å². The number of aliphatic hydroxyl groups excluding tert-OH is 1. The summed E-state index contributed by atoms with van der Waals surface area (Å²) in [5, 5.41) is 10.7. The Hall–Kier alpha value is -1.94. The molecule has 0 spiro atoms. The summed E-state index contributed by atoms with van der Waals surface area (Å²) in [6.07, 6.45) is 69.5. The molecule has 0 aliphatic heterocycles. The van der Waals surface area contributed by atoms with Crippen molar-refractivity contribution in [2.75, 3.05) is 39.6 Å². The molecular formula is C84H164O17P2. The third-order valence-corrected chi connectivity index (χ3v) is 21.7. The van der Waals surface area contributed by atoms with Gasteiger partial charge >= 0.3 is 39.5 Å². The zero-order valence-corrected chi connectivity index (χ0v) is 69.3. The molecule has 5 atom stereocenters. The number of carbonyl (C=O) groups excluding carboxylic acids is 4. The van der Waals surface area contributed by atoms with Gasteiger partial charge in [0.1, 0.15) is 19.3 Å². The standard InChI is InChI=1S/C84H164O17P2/c1-6-9-12-15-18-21-23-25-27-29-30-31-32-33-34-36-40-45-50-55-60-65-70-84(89)101-80(74-95-82(87)68-63-58-53-48-43-41-37-38-42-47-51-56-61-66-77(4)5)76-99-103(92,93)97-72-78(85)71-96-102(90,91)98-75-79(73-94-81(86)67-62-57-52-46-20-17-14-11-8-3)100-83(88)69-64-59-54-49-44-39-35-28-26-24-22-19-16-13-10-7-2/h77-80,85H,6-76H2,1-5H3,(H,90,91)(H,92,93)/t78-,79+,80+/m0/s1. The highest BCUT2D eigenvalue weighted by Gasteiger charge is 2.30. The predicted octanol–water partition coefficient (Wildman–Crippen LogP) is 25.6. The summed E-state index contributed by atoms with van der Waals surface area (Å²) >= 11 is 0. The SMILES string of the molecule is CCCCCCCCCCCCCCCCCCCCCCCCC(=O)O[C@H](COC(=O)CCCCCCCCCCCCCCCC(C)C)COP(=O)(O)OC[C@@H](O)COP(=O)(O)OC[C@@H](COC(=O)CCCCCCCCCCC)OC(=O)CCCCCCCCCCCCCCCCCC. The van der Waals surface area contributed by atoms with E-state index >= 15 is 0 Å². The van der Waals surface area contributed by atoms with Crippen LogP contribution in [0.1, 0.15) is 452 Å². The molecule has 0 aromatic carbocycles. The van der Waals surface area contributed by atoms with E-state index in [9.17, 15) is 43.2 Å². The monoisotopic (exact) mass is 1510 g/mol. The van der Waals surface area contributed by atoms with Crippen molar-refractivity contribution in [1.82, 2.24) is 0 Å². The number of hydrogen-bond donors (Lipinski definition) is 3. The first-order valence-corrected chi connectivity index (χ1v) is 46.6. The lowest BCUT2D eigenvalue weighted by Gasteiger charge is -2.21. The topological polar surface area (TPSA) is 237 Å². The minimum Gasteiger partial charge on any atom is -0.462 e. The predicted molar refractivity (Wildman–Crippen MR) is 423 cm³/mol. The van der Waals surface area contributed by atoms with Gasteiger partial charge in [0, 0.05) is 25.7 Å². The van der Waals surface area contributed by atoms with Crippen molar-refractivity contribution < 1.29 is 80.2 Å². The molecule has 0 heterocycles. The molecule has 0 bridgehead atoms. The Bertz CT molecular complexity index is 1960. The van der Waals surface area contributed by atoms with Gasteiger partial charge < -0.3 is 33.8 Å². The molecule has 3 N–H and O–H groups in total. The highest BCUT2D eigenvalue weighted by atomic mass is 31.2. The molecule has 0 aliphatic carbocycles. The lowest BCUT2D eigenvalue weighted by atomic mass is 10.0. The number of rotatable bonds is 84. The summed E-state index contributed by atoms with van der Waals surface area (Å²) < 4.78 is 68.8. The van der Waals surface area contributed by atoms with E-state index in [0.717, 1.165) is 95.8 Å². The average molecular weight is 1510 g/mol. The summed E-state index contributed by atoms with van der Waals surface area (Å²) in [6.45, 7) is 7.35. The normalized spacial score (nSPS) is 13.8. The Morgan fingerprint density at radius 1 is 0.262 bits per heavy atom. The third-order valence-electron chi connectivity index (χ3n) is 19.8. The Balaban J connectivity index is 5.19. The highest BCUT2D eigenvalue weighted by molar-refractivity contribution is 7.47. The first-order valence-electron chi connectivity index (χ1n) is 43.6. The Labute approximate surface area is 632 Å². The second kappa shape index (κ2) is 76.8. The summed E-state index contributed by atoms with van der Waals surface area (Å²) in [5.74, 6) is -1.31. The van der Waals surface area contributed by atoms with Gasteiger partial charge in [-0.2, -0.15) is 0 Å². The van der Waals surface area contributed by atoms with E-state index in [-0.39, 0.29) is 25.7 Å². The van der Waals surface area contributed by atoms with Crippen LogP contribution in [-0.4, -0.2) is 96.7 Å². The van der Waals surface area contributed by atoms with E-state index in [1.165, 1.54) is 276 Å². The van der Waals surface area contributed by atoms with E-state index in [1.54, 1.807) is 0 Å². The van der Waals surface area contributed by atoms with E-state index in [0.29, 0.717) is 25.7 Å². The number of ether oxygens (including phenoxy) is 4. The quantitative estimate of drug-likeness (QED) is 0.0222. The van der Waals surface area contributed by atoms with Crippen molar-refractivity contribution in [1.29, 1.82) is 0 Å². The maximum atomic E-state index is 13.1. The molecule has 0 saturated heterocycles. The fraction of sp³-hybridized carbons (Fsp3) is 0.952. The van der Waals surface area contributed by atoms with Crippen LogP contribution in [0.4, 0.5) is 0 Å². The molecule has 0 fully saturated rings. The molecular weight excluding hydrogens is 1340 g/mol. The molecule has 0 amide bonds. The lowest BCUT2D eigenvalue weighted by molar-refractivity contribution is -0.161. The molecule has 612 valence electrons. The van der Waals surface area contributed by atoms with E-state index < -0.39 is 97.5 Å². The van der Waals surface area contributed by atoms with Crippen molar-refractivity contribution in [3.63, 3.8) is 0 Å². The summed E-state index contributed by atoms with van der Waals surface area (Å²) in [6, 6.07) is 0. The van der Waals surface area contributed by atoms with Crippen LogP contribution in [0.15, 0.2) is 0 Å². The van der Waals surface area contributed by atoms with Gasteiger partial charge in [-0.1, -0.05) is 401 Å². The van der Waals surface area contributed by atoms with Gasteiger partial charge in [0.25, 0.3) is 0 Å². The minimum atomic E-state index is -4.96. The van der Waals surface area contributed by atoms with Crippen LogP contribution < -0.4 is 0 Å². The summed E-state index contributed by atoms with van der Waals surface area (Å²) in [7, 11) is -9.92. The maximum Gasteiger partial charge on any atom is 0.472 e. The molecule has 0 aromatic heterocycles. The van der Waals surface area contributed by atoms with Crippen LogP contribution in [0.25, 0.3) is 0 Å². The smallest absolute Gasteiger partial charge is 0.462 e. The van der Waals surface area contributed by atoms with Gasteiger partial charge in [-0.25, -0.2) is 9.13 Å². The molecule has 0 aliphatic rings. The largest absolute Gasteiger partial charge is 0.472 e. The number of phosphoric ester groups is 2. The Morgan fingerprint density at radius 3 is 0.660 bits per heavy atom. The molecule has 0 rings (SSSR count). The van der Waals surface area contributed by atoms with Crippen LogP contribution in [-0.2, 0) is 65.4 Å². The molecule has 0 aromatic rings. The molecule has 0 saturated carbocycles. The third kappa shape index (κ3) is 78.0. The first-order chi connectivity index (χ1) is 50.0. The molecule has 19 heteroatoms. The summed E-state index contributed by atoms with van der Waals surface area (Å²) in [4.78, 5) is 73.1. The number of hydrogen-bond acceptors (Lipinski definition) is 15. The highest BCUT2D eigenvalue weighted by Crippen LogP contribution is 2.45. The van der Waals surface area contributed by atoms with E-state index in [2.05, 4.69) is 34.6 Å². The lowest BCUT2D eigenvalue weighted by Crippen LogP contribution is -2.30. The van der Waals surface area contributed by atoms with Gasteiger partial charge in [-0.05, 0) is 31.6 Å². The van der Waals surface area contributed by atoms with Gasteiger partial charge in [0.05, 0.1) is 26.4 Å². The van der Waals surface area contributed by atoms with Gasteiger partial charge in [-0.15, -0.1) is 0 Å². The molecule has 0 radical (unpaired) electrons. The van der Waals surface area contributed by atoms with Crippen molar-refractivity contribution in [2.45, 2.75) is 470 Å². The average Bonchev–Trinajstić information content (AvgIpc) is 0.959. The van der Waals surface area contributed by atoms with Gasteiger partial charge in [-0.3, -0.25) is 37.3 Å². The van der Waals surface area contributed by atoms with E-state index in [1.807, 2.05) is 0 Å². The zero-order valence-electron chi connectivity index (χ0n) is 67.5. The number of esters is 4. The van der Waals surface area contributed by atoms with Gasteiger partial charge in [0.15, 0.2) is 12.2 Å². The van der Waals surface area contributed by atoms with Crippen molar-refractivity contribution >= 4 is 39.5 Å². The minimum absolute atomic E-state index is 0.109. The van der Waals surface area contributed by atoms with Crippen molar-refractivity contribution in [2.24, 2.45) is 5.92 Å². The fourth-order valence-electron chi connectivity index (χ4n) is 13.1. The van der Waals surface area contributed by atoms with Crippen molar-refractivity contribution in [3.8, 4) is 0 Å². The number of carbonyl (C=O) groups is 4. The molecule has 17 nitrogen and oxygen atoms in total. The maximum absolute atomic E-state index is 13.1. The number of unbranched alkanes of at least 4 members (excludes halogenated alkanes) is 56. The zero-order chi connectivity index (χ0) is 75.5. The van der Waals surface area contributed by atoms with Crippen LogP contribution in [0.2, 0.25) is 0 Å². The Morgan fingerprint density at radius 2 is 0.447 bits per heavy atom. The van der Waals surface area contributed by atoms with Crippen LogP contribution >= 0.6 is 15.6 Å². The number of aliphatic hydroxyl groups is 1. The fourth-order valence-corrected chi connectivity index (χ4v) is 14.7. The summed E-state index contributed by atoms with van der Waals surface area (Å²) in [5.41, 5.74) is 0. The Kier molecular flexibility index (Phi) is 75.4. The molecule has 103 heavy (non-hydrogen) atoms. The van der Waals surface area contributed by atoms with Crippen molar-refractivity contribution in [3.05, 3.63) is 0 Å².